The van der Waals surface area contributed by atoms with Crippen LogP contribution in [0.2, 0.25) is 0 Å². The van der Waals surface area contributed by atoms with Crippen molar-refractivity contribution in [1.29, 1.82) is 0 Å². The van der Waals surface area contributed by atoms with Crippen molar-refractivity contribution in [3.05, 3.63) is 0 Å². The predicted octanol–water partition coefficient (Wildman–Crippen LogP) is -15.1. The Balaban J connectivity index is -0.0000000225. The second-order valence-electron chi connectivity index (χ2n) is 1.79. The van der Waals surface area contributed by atoms with E-state index in [-0.39, 0.29) is 68.9 Å². The zero-order valence-electron chi connectivity index (χ0n) is 10.9. The summed E-state index contributed by atoms with van der Waals surface area (Å²) in [6.45, 7) is 0. The summed E-state index contributed by atoms with van der Waals surface area (Å²) in [6.07, 6.45) is 0. The van der Waals surface area contributed by atoms with Gasteiger partial charge in [-0.3, -0.25) is 0 Å². The third kappa shape index (κ3) is 2160. The van der Waals surface area contributed by atoms with Crippen LogP contribution in [-0.2, 0) is 40.0 Å². The summed E-state index contributed by atoms with van der Waals surface area (Å²) in [4.78, 5) is 103. The Hall–Kier alpha value is 2.50. The van der Waals surface area contributed by atoms with Crippen molar-refractivity contribution in [1.82, 2.24) is 0 Å². The molecule has 0 atom stereocenters. The van der Waals surface area contributed by atoms with Crippen molar-refractivity contribution in [3.8, 4) is 0 Å². The van der Waals surface area contributed by atoms with Crippen LogP contribution in [0.15, 0.2) is 0 Å². The minimum Gasteiger partial charge on any atom is -0.822 e. The summed E-state index contributed by atoms with van der Waals surface area (Å²) in [6, 6.07) is 0. The van der Waals surface area contributed by atoms with Crippen LogP contribution in [0.25, 0.3) is 0 Å². The molecule has 0 aromatic carbocycles. The van der Waals surface area contributed by atoms with Crippen LogP contribution in [0, 0.1) is 0 Å². The van der Waals surface area contributed by atoms with Crippen LogP contribution in [0.5, 0.6) is 0 Å². The second-order valence-corrected chi connectivity index (χ2v) is 5.37. The zero-order valence-corrected chi connectivity index (χ0v) is 18.2. The van der Waals surface area contributed by atoms with Crippen LogP contribution in [0.1, 0.15) is 0 Å². The number of hydrogen-bond acceptors (Lipinski definition) is 16. The molecule has 24 heteroatoms. The summed E-state index contributed by atoms with van der Waals surface area (Å²) >= 11 is 0. The van der Waals surface area contributed by atoms with E-state index < -0.39 is 31.3 Å². The average Bonchev–Trinajstić information content (AvgIpc) is 1.62. The molecule has 0 amide bonds. The van der Waals surface area contributed by atoms with Crippen LogP contribution >= 0.6 is 31.3 Å². The molecule has 0 aliphatic rings. The van der Waals surface area contributed by atoms with E-state index in [1.54, 1.807) is 0 Å². The summed E-state index contributed by atoms with van der Waals surface area (Å²) in [7, 11) is -21.6. The maximum absolute atomic E-state index is 8.55. The fraction of sp³-hybridized carbons (Fsp3) is 0. The molecule has 128 valence electrons. The molecule has 0 fully saturated rings. The molecule has 0 aromatic heterocycles. The SMILES string of the molecule is O=P([O-])([O-])[O-].O=P([O-])([O-])[O-].O=P([O-])([O-])[O-].O=P([O-])([O-])[O-].[Al+3].[Li+].[Si+4].[Ti+4]. The molecule has 0 saturated carbocycles. The van der Waals surface area contributed by atoms with E-state index in [4.69, 9.17) is 77.0 Å². The van der Waals surface area contributed by atoms with Gasteiger partial charge in [0, 0.05) is 0 Å². The first kappa shape index (κ1) is 50.3. The molecule has 0 spiro atoms. The van der Waals surface area contributed by atoms with E-state index in [0.29, 0.717) is 0 Å². The van der Waals surface area contributed by atoms with E-state index in [1.807, 2.05) is 0 Å². The first-order valence-corrected chi connectivity index (χ1v) is 8.76. The smallest absolute Gasteiger partial charge is 0.822 e. The third-order valence-electron chi connectivity index (χ3n) is 0. The van der Waals surface area contributed by atoms with Gasteiger partial charge in [-0.25, -0.2) is 0 Å². The Morgan fingerprint density at radius 1 is 0.417 bits per heavy atom. The number of hydrogen-bond donors (Lipinski definition) is 0. The Labute approximate surface area is 176 Å². The minimum atomic E-state index is -5.39. The van der Waals surface area contributed by atoms with E-state index in [0.717, 1.165) is 0 Å². The summed E-state index contributed by atoms with van der Waals surface area (Å²) in [5.74, 6) is 0. The van der Waals surface area contributed by atoms with Gasteiger partial charge >= 0.3 is 68.9 Å². The molecule has 0 aliphatic carbocycles. The van der Waals surface area contributed by atoms with Crippen LogP contribution in [0.4, 0.5) is 0 Å². The Bertz CT molecular complexity index is 303. The Kier molecular flexibility index (Phi) is 45.7. The van der Waals surface area contributed by atoms with E-state index in [9.17, 15) is 0 Å². The number of rotatable bonds is 0. The average molecular weight is 490 g/mol. The molecule has 0 bridgehead atoms. The molecule has 16 nitrogen and oxygen atoms in total. The third-order valence-corrected chi connectivity index (χ3v) is 0. The van der Waals surface area contributed by atoms with E-state index >= 15 is 0 Å². The maximum atomic E-state index is 8.55. The van der Waals surface area contributed by atoms with E-state index in [2.05, 4.69) is 0 Å². The molecule has 0 rings (SSSR count). The van der Waals surface area contributed by atoms with Gasteiger partial charge in [0.25, 0.3) is 0 Å². The Morgan fingerprint density at radius 2 is 0.417 bits per heavy atom. The van der Waals surface area contributed by atoms with Crippen LogP contribution in [0.3, 0.4) is 0 Å². The van der Waals surface area contributed by atoms with Gasteiger partial charge in [-0.15, -0.1) is 0 Å². The molecule has 0 heterocycles. The minimum absolute atomic E-state index is 0. The fourth-order valence-electron chi connectivity index (χ4n) is 0. The molecular weight excluding hydrogens is 490 g/mol. The molecule has 0 aromatic rings. The first-order valence-electron chi connectivity index (χ1n) is 2.92. The molecule has 0 unspecified atom stereocenters. The topological polar surface area (TPSA) is 345 Å². The molecule has 0 N–H and O–H groups in total. The van der Waals surface area contributed by atoms with Gasteiger partial charge < -0.3 is 77.0 Å². The largest absolute Gasteiger partial charge is 4.00 e. The van der Waals surface area contributed by atoms with Gasteiger partial charge in [-0.05, 0) is 0 Å². The van der Waals surface area contributed by atoms with Gasteiger partial charge in [0.15, 0.2) is 0 Å². The standard InChI is InChI=1S/Al.Li.4H3O4P.Si.Ti/c;;4*1-5(2,3)4;;/h;;4*(H3,1,2,3,4);;/q+3;+1;;;;;2*+4/p-12. The van der Waals surface area contributed by atoms with Crippen molar-refractivity contribution in [2.75, 3.05) is 0 Å². The molecule has 0 saturated heterocycles. The van der Waals surface area contributed by atoms with Crippen molar-refractivity contribution >= 4 is 59.6 Å². The van der Waals surface area contributed by atoms with Gasteiger partial charge in [0.1, 0.15) is 0 Å². The van der Waals surface area contributed by atoms with Gasteiger partial charge in [0.2, 0.25) is 0 Å². The van der Waals surface area contributed by atoms with Crippen LogP contribution < -0.4 is 77.6 Å². The molecular formula is AlLiO16P4SiTi. The molecule has 0 aliphatic heterocycles. The quantitative estimate of drug-likeness (QED) is 0.225. The summed E-state index contributed by atoms with van der Waals surface area (Å²) < 4.78 is 34.2. The normalized spacial score (nSPS) is 9.83. The monoisotopic (exact) mass is 490 g/mol. The summed E-state index contributed by atoms with van der Waals surface area (Å²) in [5.41, 5.74) is 0. The zero-order chi connectivity index (χ0) is 18.0. The summed E-state index contributed by atoms with van der Waals surface area (Å²) in [5, 5.41) is 0. The van der Waals surface area contributed by atoms with Gasteiger partial charge in [-0.2, -0.15) is 31.3 Å². The van der Waals surface area contributed by atoms with E-state index in [1.165, 1.54) is 0 Å². The fourth-order valence-corrected chi connectivity index (χ4v) is 0. The van der Waals surface area contributed by atoms with Crippen molar-refractivity contribution in [3.63, 3.8) is 0 Å². The molecule has 0 radical (unpaired) electrons. The second kappa shape index (κ2) is 21.8. The molecule has 24 heavy (non-hydrogen) atoms. The van der Waals surface area contributed by atoms with Crippen molar-refractivity contribution in [2.45, 2.75) is 0 Å². The van der Waals surface area contributed by atoms with Gasteiger partial charge in [-0.1, -0.05) is 0 Å². The van der Waals surface area contributed by atoms with Crippen molar-refractivity contribution < 1.29 is 118 Å². The van der Waals surface area contributed by atoms with Gasteiger partial charge in [0.05, 0.1) is 0 Å². The number of phosphoric acid groups is 4. The van der Waals surface area contributed by atoms with Crippen molar-refractivity contribution in [2.24, 2.45) is 0 Å². The predicted molar refractivity (Wildman–Crippen MR) is 41.9 cm³/mol. The van der Waals surface area contributed by atoms with Crippen LogP contribution in [-0.4, -0.2) is 28.3 Å². The Morgan fingerprint density at radius 3 is 0.417 bits per heavy atom. The first-order chi connectivity index (χ1) is 8.00. The maximum Gasteiger partial charge on any atom is 4.00 e.